The molecular formula is C14H14BrN5O. The van der Waals surface area contributed by atoms with Crippen LogP contribution in [0.4, 0.5) is 0 Å². The fourth-order valence-electron chi connectivity index (χ4n) is 1.54. The number of carbonyl (C=O) groups is 1. The van der Waals surface area contributed by atoms with Crippen LogP contribution in [0.25, 0.3) is 5.82 Å². The van der Waals surface area contributed by atoms with Crippen molar-refractivity contribution in [3.63, 3.8) is 0 Å². The Bertz CT molecular complexity index is 688. The fourth-order valence-corrected chi connectivity index (χ4v) is 1.82. The van der Waals surface area contributed by atoms with Gasteiger partial charge >= 0.3 is 0 Å². The molecule has 0 bridgehead atoms. The molecule has 6 nitrogen and oxygen atoms in total. The lowest BCUT2D eigenvalue weighted by Gasteiger charge is -2.22. The van der Waals surface area contributed by atoms with Crippen molar-refractivity contribution in [1.29, 1.82) is 0 Å². The summed E-state index contributed by atoms with van der Waals surface area (Å²) in [5.74, 6) is 2.74. The summed E-state index contributed by atoms with van der Waals surface area (Å²) in [5, 5.41) is 14.7. The van der Waals surface area contributed by atoms with Gasteiger partial charge in [-0.2, -0.15) is 5.10 Å². The van der Waals surface area contributed by atoms with Crippen LogP contribution in [0.5, 0.6) is 0 Å². The molecule has 0 radical (unpaired) electrons. The second kappa shape index (κ2) is 6.06. The van der Waals surface area contributed by atoms with E-state index in [4.69, 9.17) is 6.42 Å². The average molecular weight is 348 g/mol. The van der Waals surface area contributed by atoms with Crippen molar-refractivity contribution in [2.45, 2.75) is 25.8 Å². The first kappa shape index (κ1) is 15.2. The van der Waals surface area contributed by atoms with Gasteiger partial charge in [0.15, 0.2) is 11.5 Å². The monoisotopic (exact) mass is 347 g/mol. The summed E-state index contributed by atoms with van der Waals surface area (Å²) < 4.78 is 2.38. The molecule has 2 heterocycles. The van der Waals surface area contributed by atoms with Crippen LogP contribution < -0.4 is 5.32 Å². The van der Waals surface area contributed by atoms with Crippen molar-refractivity contribution in [2.75, 3.05) is 0 Å². The van der Waals surface area contributed by atoms with E-state index in [0.29, 0.717) is 12.2 Å². The maximum Gasteiger partial charge on any atom is 0.272 e. The standard InChI is InChI=1S/C14H14BrN5O/c1-4-14(3,5-2)17-13(21)11-6-7-12(19-18-11)20-9-10(15)8-16-20/h1,6-9H,5H2,2-3H3,(H,17,21). The van der Waals surface area contributed by atoms with Crippen LogP contribution in [0.1, 0.15) is 30.8 Å². The number of carbonyl (C=O) groups excluding carboxylic acids is 1. The molecule has 0 saturated heterocycles. The molecule has 2 aromatic rings. The minimum atomic E-state index is -0.690. The maximum absolute atomic E-state index is 12.1. The largest absolute Gasteiger partial charge is 0.335 e. The van der Waals surface area contributed by atoms with Crippen LogP contribution in [0, 0.1) is 12.3 Å². The van der Waals surface area contributed by atoms with Gasteiger partial charge in [-0.1, -0.05) is 12.8 Å². The van der Waals surface area contributed by atoms with Gasteiger partial charge in [0.05, 0.1) is 16.2 Å². The molecule has 108 valence electrons. The minimum absolute atomic E-state index is 0.208. The Morgan fingerprint density at radius 1 is 1.52 bits per heavy atom. The molecule has 21 heavy (non-hydrogen) atoms. The first-order valence-electron chi connectivity index (χ1n) is 6.32. The number of rotatable bonds is 4. The van der Waals surface area contributed by atoms with Crippen LogP contribution in [-0.2, 0) is 0 Å². The molecule has 1 atom stereocenters. The number of nitrogens with zero attached hydrogens (tertiary/aromatic N) is 4. The summed E-state index contributed by atoms with van der Waals surface area (Å²) in [6, 6.07) is 3.25. The molecule has 1 N–H and O–H groups in total. The van der Waals surface area contributed by atoms with Crippen molar-refractivity contribution in [1.82, 2.24) is 25.3 Å². The van der Waals surface area contributed by atoms with E-state index in [0.717, 1.165) is 4.47 Å². The predicted octanol–water partition coefficient (Wildman–Crippen LogP) is 1.96. The zero-order valence-electron chi connectivity index (χ0n) is 11.7. The first-order chi connectivity index (χ1) is 9.97. The summed E-state index contributed by atoms with van der Waals surface area (Å²) in [5.41, 5.74) is -0.482. The lowest BCUT2D eigenvalue weighted by Crippen LogP contribution is -2.44. The molecule has 0 aliphatic rings. The van der Waals surface area contributed by atoms with Gasteiger partial charge in [-0.15, -0.1) is 16.6 Å². The number of hydrogen-bond acceptors (Lipinski definition) is 4. The van der Waals surface area contributed by atoms with E-state index in [1.807, 2.05) is 6.92 Å². The predicted molar refractivity (Wildman–Crippen MR) is 81.8 cm³/mol. The van der Waals surface area contributed by atoms with Crippen LogP contribution in [0.15, 0.2) is 29.0 Å². The van der Waals surface area contributed by atoms with Crippen molar-refractivity contribution in [3.05, 3.63) is 34.7 Å². The fraction of sp³-hybridized carbons (Fsp3) is 0.286. The maximum atomic E-state index is 12.1. The molecule has 0 spiro atoms. The zero-order chi connectivity index (χ0) is 15.5. The number of amides is 1. The van der Waals surface area contributed by atoms with Crippen LogP contribution in [-0.4, -0.2) is 31.4 Å². The Morgan fingerprint density at radius 3 is 2.76 bits per heavy atom. The highest BCUT2D eigenvalue weighted by Gasteiger charge is 2.22. The molecule has 1 unspecified atom stereocenters. The Balaban J connectivity index is 2.16. The van der Waals surface area contributed by atoms with E-state index in [2.05, 4.69) is 42.5 Å². The van der Waals surface area contributed by atoms with Gasteiger partial charge in [-0.05, 0) is 41.4 Å². The van der Waals surface area contributed by atoms with Crippen molar-refractivity contribution in [2.24, 2.45) is 0 Å². The van der Waals surface area contributed by atoms with E-state index in [1.54, 1.807) is 36.1 Å². The van der Waals surface area contributed by atoms with E-state index < -0.39 is 5.54 Å². The summed E-state index contributed by atoms with van der Waals surface area (Å²) in [6.07, 6.45) is 9.44. The summed E-state index contributed by atoms with van der Waals surface area (Å²) in [4.78, 5) is 12.1. The quantitative estimate of drug-likeness (QED) is 0.858. The Labute approximate surface area is 131 Å². The molecule has 0 saturated carbocycles. The van der Waals surface area contributed by atoms with Gasteiger partial charge < -0.3 is 5.32 Å². The molecule has 0 aliphatic heterocycles. The van der Waals surface area contributed by atoms with E-state index in [-0.39, 0.29) is 11.6 Å². The number of aromatic nitrogens is 4. The minimum Gasteiger partial charge on any atom is -0.335 e. The van der Waals surface area contributed by atoms with Gasteiger partial charge in [-0.3, -0.25) is 4.79 Å². The van der Waals surface area contributed by atoms with Crippen molar-refractivity contribution in [3.8, 4) is 18.2 Å². The summed E-state index contributed by atoms with van der Waals surface area (Å²) >= 11 is 3.30. The molecule has 2 rings (SSSR count). The molecule has 7 heteroatoms. The van der Waals surface area contributed by atoms with Crippen LogP contribution in [0.2, 0.25) is 0 Å². The Hall–Kier alpha value is -2.20. The van der Waals surface area contributed by atoms with E-state index in [9.17, 15) is 4.79 Å². The third kappa shape index (κ3) is 3.47. The van der Waals surface area contributed by atoms with Crippen LogP contribution in [0.3, 0.4) is 0 Å². The van der Waals surface area contributed by atoms with Gasteiger partial charge in [0.2, 0.25) is 0 Å². The highest BCUT2D eigenvalue weighted by atomic mass is 79.9. The highest BCUT2D eigenvalue weighted by Crippen LogP contribution is 2.11. The summed E-state index contributed by atoms with van der Waals surface area (Å²) in [6.45, 7) is 3.69. The molecule has 2 aromatic heterocycles. The smallest absolute Gasteiger partial charge is 0.272 e. The van der Waals surface area contributed by atoms with Gasteiger partial charge in [-0.25, -0.2) is 4.68 Å². The molecule has 0 fully saturated rings. The SMILES string of the molecule is C#CC(C)(CC)NC(=O)c1ccc(-n2cc(Br)cn2)nn1. The normalized spacial score (nSPS) is 13.2. The number of halogens is 1. The Morgan fingerprint density at radius 2 is 2.29 bits per heavy atom. The first-order valence-corrected chi connectivity index (χ1v) is 7.11. The number of nitrogens with one attached hydrogen (secondary N) is 1. The lowest BCUT2D eigenvalue weighted by atomic mass is 10.0. The molecule has 0 aliphatic carbocycles. The van der Waals surface area contributed by atoms with Gasteiger partial charge in [0.1, 0.15) is 0 Å². The third-order valence-electron chi connectivity index (χ3n) is 3.08. The second-order valence-corrected chi connectivity index (χ2v) is 5.58. The third-order valence-corrected chi connectivity index (χ3v) is 3.49. The van der Waals surface area contributed by atoms with Crippen molar-refractivity contribution >= 4 is 21.8 Å². The Kier molecular flexibility index (Phi) is 4.38. The molecular weight excluding hydrogens is 334 g/mol. The molecule has 0 aromatic carbocycles. The topological polar surface area (TPSA) is 72.7 Å². The van der Waals surface area contributed by atoms with Crippen molar-refractivity contribution < 1.29 is 4.79 Å². The van der Waals surface area contributed by atoms with Gasteiger partial charge in [0.25, 0.3) is 5.91 Å². The summed E-state index contributed by atoms with van der Waals surface area (Å²) in [7, 11) is 0. The zero-order valence-corrected chi connectivity index (χ0v) is 13.3. The highest BCUT2D eigenvalue weighted by molar-refractivity contribution is 9.10. The number of terminal acetylenes is 1. The average Bonchev–Trinajstić information content (AvgIpc) is 2.94. The second-order valence-electron chi connectivity index (χ2n) is 4.66. The number of hydrogen-bond donors (Lipinski definition) is 1. The molecule has 1 amide bonds. The van der Waals surface area contributed by atoms with Gasteiger partial charge in [0, 0.05) is 6.20 Å². The lowest BCUT2D eigenvalue weighted by molar-refractivity contribution is 0.0917. The van der Waals surface area contributed by atoms with E-state index >= 15 is 0 Å². The van der Waals surface area contributed by atoms with E-state index in [1.165, 1.54) is 0 Å². The van der Waals surface area contributed by atoms with Crippen LogP contribution >= 0.6 is 15.9 Å².